The van der Waals surface area contributed by atoms with Gasteiger partial charge in [0, 0.05) is 17.1 Å². The number of rotatable bonds is 4. The molecule has 2 rings (SSSR count). The molecule has 0 bridgehead atoms. The number of hydrogen-bond acceptors (Lipinski definition) is 5. The number of aromatic nitrogens is 1. The molecule has 4 N–H and O–H groups in total. The molecule has 2 aromatic rings. The number of aliphatic hydroxyl groups is 2. The summed E-state index contributed by atoms with van der Waals surface area (Å²) in [6, 6.07) is 7.43. The number of fused-ring (bicyclic) bond motifs is 1. The molecule has 1 aromatic heterocycles. The Morgan fingerprint density at radius 2 is 1.89 bits per heavy atom. The number of thiol groups is 1. The SMILES string of the molecule is Nc1ncc(C(O)C(O)CCS)c2ccccc12. The summed E-state index contributed by atoms with van der Waals surface area (Å²) in [5, 5.41) is 21.6. The third kappa shape index (κ3) is 2.43. The van der Waals surface area contributed by atoms with E-state index in [2.05, 4.69) is 17.6 Å². The van der Waals surface area contributed by atoms with Gasteiger partial charge >= 0.3 is 0 Å². The van der Waals surface area contributed by atoms with Crippen LogP contribution in [-0.4, -0.2) is 27.1 Å². The van der Waals surface area contributed by atoms with Gasteiger partial charge in [-0.3, -0.25) is 0 Å². The number of anilines is 1. The fourth-order valence-corrected chi connectivity index (χ4v) is 2.23. The third-order valence-electron chi connectivity index (χ3n) is 2.96. The summed E-state index contributed by atoms with van der Waals surface area (Å²) in [4.78, 5) is 4.06. The van der Waals surface area contributed by atoms with Crippen molar-refractivity contribution >= 4 is 29.2 Å². The van der Waals surface area contributed by atoms with Crippen molar-refractivity contribution in [2.24, 2.45) is 0 Å². The molecule has 0 spiro atoms. The van der Waals surface area contributed by atoms with Crippen molar-refractivity contribution in [2.75, 3.05) is 11.5 Å². The molecule has 96 valence electrons. The molecule has 1 aromatic carbocycles. The molecule has 4 nitrogen and oxygen atoms in total. The minimum absolute atomic E-state index is 0.420. The molecule has 1 heterocycles. The molecular formula is C13H16N2O2S. The second kappa shape index (κ2) is 5.56. The molecule has 0 saturated heterocycles. The quantitative estimate of drug-likeness (QED) is 0.631. The highest BCUT2D eigenvalue weighted by atomic mass is 32.1. The van der Waals surface area contributed by atoms with Crippen LogP contribution in [0, 0.1) is 0 Å². The van der Waals surface area contributed by atoms with Crippen LogP contribution >= 0.6 is 12.6 Å². The van der Waals surface area contributed by atoms with E-state index in [-0.39, 0.29) is 0 Å². The lowest BCUT2D eigenvalue weighted by Gasteiger charge is -2.19. The second-order valence-corrected chi connectivity index (χ2v) is 4.62. The highest BCUT2D eigenvalue weighted by molar-refractivity contribution is 7.80. The van der Waals surface area contributed by atoms with Crippen molar-refractivity contribution in [2.45, 2.75) is 18.6 Å². The van der Waals surface area contributed by atoms with Crippen LogP contribution in [0.1, 0.15) is 18.1 Å². The van der Waals surface area contributed by atoms with Gasteiger partial charge in [0.2, 0.25) is 0 Å². The van der Waals surface area contributed by atoms with Crippen LogP contribution in [0.2, 0.25) is 0 Å². The van der Waals surface area contributed by atoms with Crippen LogP contribution in [0.5, 0.6) is 0 Å². The first-order valence-electron chi connectivity index (χ1n) is 5.75. The van der Waals surface area contributed by atoms with Crippen molar-refractivity contribution in [3.63, 3.8) is 0 Å². The van der Waals surface area contributed by atoms with Crippen molar-refractivity contribution in [1.82, 2.24) is 4.98 Å². The van der Waals surface area contributed by atoms with E-state index in [9.17, 15) is 10.2 Å². The molecule has 0 saturated carbocycles. The maximum Gasteiger partial charge on any atom is 0.131 e. The van der Waals surface area contributed by atoms with Gasteiger partial charge in [0.05, 0.1) is 6.10 Å². The summed E-state index contributed by atoms with van der Waals surface area (Å²) in [6.07, 6.45) is 0.110. The maximum absolute atomic E-state index is 10.1. The number of aliphatic hydroxyl groups excluding tert-OH is 2. The van der Waals surface area contributed by atoms with E-state index in [1.54, 1.807) is 0 Å². The first-order chi connectivity index (χ1) is 8.65. The average Bonchev–Trinajstić information content (AvgIpc) is 2.39. The van der Waals surface area contributed by atoms with Crippen molar-refractivity contribution in [1.29, 1.82) is 0 Å². The van der Waals surface area contributed by atoms with Gasteiger partial charge < -0.3 is 15.9 Å². The molecule has 5 heteroatoms. The van der Waals surface area contributed by atoms with E-state index in [1.807, 2.05) is 24.3 Å². The molecule has 0 fully saturated rings. The molecule has 2 unspecified atom stereocenters. The lowest BCUT2D eigenvalue weighted by molar-refractivity contribution is 0.0179. The van der Waals surface area contributed by atoms with Gasteiger partial charge in [-0.05, 0) is 17.6 Å². The molecular weight excluding hydrogens is 248 g/mol. The summed E-state index contributed by atoms with van der Waals surface area (Å²) in [5.41, 5.74) is 6.38. The number of nitrogen functional groups attached to an aromatic ring is 1. The predicted molar refractivity (Wildman–Crippen MR) is 75.6 cm³/mol. The van der Waals surface area contributed by atoms with Gasteiger partial charge in [-0.25, -0.2) is 4.98 Å². The van der Waals surface area contributed by atoms with Gasteiger partial charge in [-0.15, -0.1) is 0 Å². The largest absolute Gasteiger partial charge is 0.390 e. The molecule has 0 aliphatic rings. The minimum atomic E-state index is -0.977. The van der Waals surface area contributed by atoms with E-state index >= 15 is 0 Å². The zero-order chi connectivity index (χ0) is 13.1. The maximum atomic E-state index is 10.1. The van der Waals surface area contributed by atoms with E-state index in [4.69, 9.17) is 5.73 Å². The Hall–Kier alpha value is -1.30. The predicted octanol–water partition coefficient (Wildman–Crippen LogP) is 1.53. The van der Waals surface area contributed by atoms with E-state index < -0.39 is 12.2 Å². The van der Waals surface area contributed by atoms with Crippen molar-refractivity contribution in [3.05, 3.63) is 36.0 Å². The number of nitrogens with two attached hydrogens (primary N) is 1. The Morgan fingerprint density at radius 3 is 2.56 bits per heavy atom. The molecule has 0 amide bonds. The second-order valence-electron chi connectivity index (χ2n) is 4.17. The van der Waals surface area contributed by atoms with Gasteiger partial charge in [0.15, 0.2) is 0 Å². The summed E-state index contributed by atoms with van der Waals surface area (Å²) < 4.78 is 0. The number of nitrogens with zero attached hydrogens (tertiary/aromatic N) is 1. The standard InChI is InChI=1S/C13H16N2O2S/c14-13-9-4-2-1-3-8(9)10(7-15-13)12(17)11(16)5-6-18/h1-4,7,11-12,16-18H,5-6H2,(H2,14,15). The van der Waals surface area contributed by atoms with E-state index in [0.29, 0.717) is 23.6 Å². The Morgan fingerprint density at radius 1 is 1.22 bits per heavy atom. The number of benzene rings is 1. The van der Waals surface area contributed by atoms with Crippen LogP contribution in [0.4, 0.5) is 5.82 Å². The first-order valence-corrected chi connectivity index (χ1v) is 6.38. The lowest BCUT2D eigenvalue weighted by atomic mass is 9.98. The summed E-state index contributed by atoms with van der Waals surface area (Å²) >= 11 is 4.05. The normalized spacial score (nSPS) is 14.6. The topological polar surface area (TPSA) is 79.4 Å². The molecule has 0 aliphatic carbocycles. The molecule has 0 radical (unpaired) electrons. The number of pyridine rings is 1. The Balaban J connectivity index is 2.48. The average molecular weight is 264 g/mol. The number of hydrogen-bond donors (Lipinski definition) is 4. The van der Waals surface area contributed by atoms with E-state index in [0.717, 1.165) is 10.8 Å². The molecule has 2 atom stereocenters. The van der Waals surface area contributed by atoms with Crippen LogP contribution in [0.3, 0.4) is 0 Å². The Labute approximate surface area is 111 Å². The van der Waals surface area contributed by atoms with Gasteiger partial charge in [-0.1, -0.05) is 24.3 Å². The Bertz CT molecular complexity index is 548. The summed E-state index contributed by atoms with van der Waals surface area (Å²) in [7, 11) is 0. The van der Waals surface area contributed by atoms with Crippen molar-refractivity contribution in [3.8, 4) is 0 Å². The zero-order valence-corrected chi connectivity index (χ0v) is 10.7. The van der Waals surface area contributed by atoms with E-state index in [1.165, 1.54) is 6.20 Å². The van der Waals surface area contributed by atoms with Gasteiger partial charge in [0.1, 0.15) is 11.9 Å². The highest BCUT2D eigenvalue weighted by Gasteiger charge is 2.20. The fourth-order valence-electron chi connectivity index (χ4n) is 1.97. The van der Waals surface area contributed by atoms with Crippen LogP contribution in [0.25, 0.3) is 10.8 Å². The van der Waals surface area contributed by atoms with Gasteiger partial charge in [0.25, 0.3) is 0 Å². The monoisotopic (exact) mass is 264 g/mol. The smallest absolute Gasteiger partial charge is 0.131 e. The van der Waals surface area contributed by atoms with Crippen LogP contribution in [-0.2, 0) is 0 Å². The molecule has 0 aliphatic heterocycles. The summed E-state index contributed by atoms with van der Waals surface area (Å²) in [6.45, 7) is 0. The first kappa shape index (κ1) is 13.1. The zero-order valence-electron chi connectivity index (χ0n) is 9.82. The van der Waals surface area contributed by atoms with Crippen molar-refractivity contribution < 1.29 is 10.2 Å². The fraction of sp³-hybridized carbons (Fsp3) is 0.308. The Kier molecular flexibility index (Phi) is 4.06. The van der Waals surface area contributed by atoms with Gasteiger partial charge in [-0.2, -0.15) is 12.6 Å². The lowest BCUT2D eigenvalue weighted by Crippen LogP contribution is -2.19. The molecule has 18 heavy (non-hydrogen) atoms. The van der Waals surface area contributed by atoms with Crippen LogP contribution < -0.4 is 5.73 Å². The summed E-state index contributed by atoms with van der Waals surface area (Å²) in [5.74, 6) is 0.934. The highest BCUT2D eigenvalue weighted by Crippen LogP contribution is 2.29. The third-order valence-corrected chi connectivity index (χ3v) is 3.22. The van der Waals surface area contributed by atoms with Crippen LogP contribution in [0.15, 0.2) is 30.5 Å². The minimum Gasteiger partial charge on any atom is -0.390 e.